The first kappa shape index (κ1) is 21.4. The topological polar surface area (TPSA) is 95.9 Å². The minimum atomic E-state index is -1.08. The molecule has 7 heteroatoms. The van der Waals surface area contributed by atoms with E-state index in [1.807, 2.05) is 36.4 Å². The van der Waals surface area contributed by atoms with Crippen LogP contribution in [0.1, 0.15) is 37.3 Å². The van der Waals surface area contributed by atoms with Gasteiger partial charge in [0, 0.05) is 25.4 Å². The van der Waals surface area contributed by atoms with Crippen LogP contribution in [0, 0.1) is 0 Å². The van der Waals surface area contributed by atoms with Crippen molar-refractivity contribution in [1.82, 2.24) is 10.2 Å². The molecule has 0 spiro atoms. The van der Waals surface area contributed by atoms with Gasteiger partial charge in [-0.2, -0.15) is 0 Å². The Hall–Kier alpha value is -3.35. The van der Waals surface area contributed by atoms with E-state index in [0.717, 1.165) is 27.2 Å². The second kappa shape index (κ2) is 8.98. The number of rotatable bonds is 7. The molecule has 2 unspecified atom stereocenters. The van der Waals surface area contributed by atoms with Crippen molar-refractivity contribution in [2.75, 3.05) is 13.7 Å². The first-order valence-electron chi connectivity index (χ1n) is 9.89. The average molecular weight is 410 g/mol. The molecule has 0 bridgehead atoms. The van der Waals surface area contributed by atoms with Gasteiger partial charge in [0.05, 0.1) is 0 Å². The summed E-state index contributed by atoms with van der Waals surface area (Å²) in [5.41, 5.74) is 4.55. The number of amides is 2. The van der Waals surface area contributed by atoms with Crippen LogP contribution in [0.4, 0.5) is 4.79 Å². The molecule has 0 heterocycles. The van der Waals surface area contributed by atoms with Gasteiger partial charge in [-0.05, 0) is 36.1 Å². The van der Waals surface area contributed by atoms with E-state index in [-0.39, 0.29) is 24.9 Å². The van der Waals surface area contributed by atoms with Gasteiger partial charge < -0.3 is 20.1 Å². The highest BCUT2D eigenvalue weighted by Crippen LogP contribution is 2.44. The minimum Gasteiger partial charge on any atom is -0.480 e. The molecule has 0 saturated carbocycles. The molecule has 0 radical (unpaired) electrons. The van der Waals surface area contributed by atoms with Gasteiger partial charge in [-0.1, -0.05) is 48.5 Å². The van der Waals surface area contributed by atoms with Crippen LogP contribution in [0.2, 0.25) is 0 Å². The first-order chi connectivity index (χ1) is 14.3. The molecule has 1 aliphatic carbocycles. The van der Waals surface area contributed by atoms with Gasteiger partial charge in [0.15, 0.2) is 0 Å². The van der Waals surface area contributed by atoms with Crippen molar-refractivity contribution in [2.45, 2.75) is 38.3 Å². The van der Waals surface area contributed by atoms with Gasteiger partial charge >= 0.3 is 12.1 Å². The molecule has 0 fully saturated rings. The van der Waals surface area contributed by atoms with E-state index in [1.54, 1.807) is 6.92 Å². The number of carboxylic acids is 1. The second-order valence-corrected chi connectivity index (χ2v) is 7.59. The standard InChI is InChI=1S/C23H26N2O5/c1-14(12-21(26)25(3)15(2)22(27)28)24-23(29)30-13-20-18-10-6-4-8-16(18)17-9-5-7-11-19(17)20/h4-11,14-15,20H,12-13H2,1-3H3,(H,24,29)(H,27,28). The molecule has 3 rings (SSSR count). The second-order valence-electron chi connectivity index (χ2n) is 7.59. The van der Waals surface area contributed by atoms with Crippen molar-refractivity contribution in [3.8, 4) is 11.1 Å². The molecule has 0 aliphatic heterocycles. The summed E-state index contributed by atoms with van der Waals surface area (Å²) < 4.78 is 5.47. The number of carbonyl (C=O) groups is 3. The summed E-state index contributed by atoms with van der Waals surface area (Å²) in [6.07, 6.45) is -0.621. The SMILES string of the molecule is CC(CC(=O)N(C)C(C)C(=O)O)NC(=O)OCC1c2ccccc2-c2ccccc21. The summed E-state index contributed by atoms with van der Waals surface area (Å²) in [5, 5.41) is 11.7. The Balaban J connectivity index is 1.56. The fourth-order valence-electron chi connectivity index (χ4n) is 3.68. The molecule has 0 aromatic heterocycles. The maximum atomic E-state index is 12.3. The van der Waals surface area contributed by atoms with E-state index in [9.17, 15) is 14.4 Å². The van der Waals surface area contributed by atoms with Gasteiger partial charge in [0.25, 0.3) is 0 Å². The van der Waals surface area contributed by atoms with Crippen LogP contribution in [0.25, 0.3) is 11.1 Å². The fourth-order valence-corrected chi connectivity index (χ4v) is 3.68. The predicted molar refractivity (Wildman–Crippen MR) is 112 cm³/mol. The lowest BCUT2D eigenvalue weighted by Crippen LogP contribution is -2.43. The molecule has 2 amide bonds. The Bertz CT molecular complexity index is 913. The van der Waals surface area contributed by atoms with E-state index in [0.29, 0.717) is 0 Å². The van der Waals surface area contributed by atoms with Crippen molar-refractivity contribution < 1.29 is 24.2 Å². The summed E-state index contributed by atoms with van der Waals surface area (Å²) in [6.45, 7) is 3.30. The molecule has 2 aromatic carbocycles. The van der Waals surface area contributed by atoms with Crippen LogP contribution in [-0.2, 0) is 14.3 Å². The molecule has 2 N–H and O–H groups in total. The Morgan fingerprint density at radius 1 is 1.03 bits per heavy atom. The molecule has 158 valence electrons. The highest BCUT2D eigenvalue weighted by atomic mass is 16.5. The number of benzene rings is 2. The van der Waals surface area contributed by atoms with Gasteiger partial charge in [-0.15, -0.1) is 0 Å². The maximum Gasteiger partial charge on any atom is 0.407 e. The number of nitrogens with zero attached hydrogens (tertiary/aromatic N) is 1. The van der Waals surface area contributed by atoms with Crippen LogP contribution < -0.4 is 5.32 Å². The predicted octanol–water partition coefficient (Wildman–Crippen LogP) is 3.24. The fraction of sp³-hybridized carbons (Fsp3) is 0.348. The van der Waals surface area contributed by atoms with Crippen LogP contribution in [-0.4, -0.2) is 53.7 Å². The number of aliphatic carboxylic acids is 1. The number of hydrogen-bond acceptors (Lipinski definition) is 4. The van der Waals surface area contributed by atoms with Crippen molar-refractivity contribution in [3.05, 3.63) is 59.7 Å². The van der Waals surface area contributed by atoms with Crippen molar-refractivity contribution in [2.24, 2.45) is 0 Å². The number of fused-ring (bicyclic) bond motifs is 3. The van der Waals surface area contributed by atoms with Gasteiger partial charge in [-0.25, -0.2) is 9.59 Å². The number of ether oxygens (including phenoxy) is 1. The molecule has 2 atom stereocenters. The largest absolute Gasteiger partial charge is 0.480 e. The maximum absolute atomic E-state index is 12.3. The number of alkyl carbamates (subject to hydrolysis) is 1. The van der Waals surface area contributed by atoms with Crippen LogP contribution in [0.15, 0.2) is 48.5 Å². The lowest BCUT2D eigenvalue weighted by molar-refractivity contribution is -0.148. The summed E-state index contributed by atoms with van der Waals surface area (Å²) in [7, 11) is 1.43. The molecule has 30 heavy (non-hydrogen) atoms. The van der Waals surface area contributed by atoms with Gasteiger partial charge in [-0.3, -0.25) is 4.79 Å². The summed E-state index contributed by atoms with van der Waals surface area (Å²) in [4.78, 5) is 36.6. The summed E-state index contributed by atoms with van der Waals surface area (Å²) in [5.74, 6) is -1.48. The number of carbonyl (C=O) groups excluding carboxylic acids is 2. The number of carboxylic acid groups (broad SMARTS) is 1. The molecular formula is C23H26N2O5. The third-order valence-corrected chi connectivity index (χ3v) is 5.52. The molecule has 0 saturated heterocycles. The lowest BCUT2D eigenvalue weighted by atomic mass is 9.98. The third kappa shape index (κ3) is 4.45. The Kier molecular flexibility index (Phi) is 6.40. The van der Waals surface area contributed by atoms with Crippen LogP contribution in [0.5, 0.6) is 0 Å². The highest BCUT2D eigenvalue weighted by Gasteiger charge is 2.29. The van der Waals surface area contributed by atoms with Crippen LogP contribution in [0.3, 0.4) is 0 Å². The number of likely N-dealkylation sites (N-methyl/N-ethyl adjacent to an activating group) is 1. The highest BCUT2D eigenvalue weighted by molar-refractivity contribution is 5.84. The normalized spacial score (nSPS) is 14.2. The van der Waals surface area contributed by atoms with E-state index in [4.69, 9.17) is 9.84 Å². The lowest BCUT2D eigenvalue weighted by Gasteiger charge is -2.23. The average Bonchev–Trinajstić information content (AvgIpc) is 3.04. The zero-order valence-electron chi connectivity index (χ0n) is 17.3. The summed E-state index contributed by atoms with van der Waals surface area (Å²) in [6, 6.07) is 14.7. The third-order valence-electron chi connectivity index (χ3n) is 5.52. The molecular weight excluding hydrogens is 384 g/mol. The molecule has 2 aromatic rings. The smallest absolute Gasteiger partial charge is 0.407 e. The first-order valence-corrected chi connectivity index (χ1v) is 9.89. The quantitative estimate of drug-likeness (QED) is 0.731. The summed E-state index contributed by atoms with van der Waals surface area (Å²) >= 11 is 0. The zero-order valence-corrected chi connectivity index (χ0v) is 17.3. The zero-order chi connectivity index (χ0) is 21.8. The molecule has 1 aliphatic rings. The van der Waals surface area contributed by atoms with Gasteiger partial charge in [0.1, 0.15) is 12.6 Å². The van der Waals surface area contributed by atoms with E-state index < -0.39 is 24.1 Å². The van der Waals surface area contributed by atoms with E-state index >= 15 is 0 Å². The monoisotopic (exact) mass is 410 g/mol. The number of nitrogens with one attached hydrogen (secondary N) is 1. The van der Waals surface area contributed by atoms with Gasteiger partial charge in [0.2, 0.25) is 5.91 Å². The van der Waals surface area contributed by atoms with Crippen molar-refractivity contribution in [3.63, 3.8) is 0 Å². The van der Waals surface area contributed by atoms with E-state index in [1.165, 1.54) is 14.0 Å². The minimum absolute atomic E-state index is 0.0156. The Morgan fingerprint density at radius 3 is 2.10 bits per heavy atom. The van der Waals surface area contributed by atoms with E-state index in [2.05, 4.69) is 17.4 Å². The Morgan fingerprint density at radius 2 is 1.57 bits per heavy atom. The van der Waals surface area contributed by atoms with Crippen molar-refractivity contribution in [1.29, 1.82) is 0 Å². The molecule has 7 nitrogen and oxygen atoms in total. The van der Waals surface area contributed by atoms with Crippen molar-refractivity contribution >= 4 is 18.0 Å². The Labute approximate surface area is 175 Å². The number of hydrogen-bond donors (Lipinski definition) is 2. The van der Waals surface area contributed by atoms with Crippen LogP contribution >= 0.6 is 0 Å².